The van der Waals surface area contributed by atoms with Crippen LogP contribution in [-0.4, -0.2) is 6.04 Å². The van der Waals surface area contributed by atoms with E-state index in [4.69, 9.17) is 0 Å². The lowest BCUT2D eigenvalue weighted by Gasteiger charge is -2.12. The Bertz CT molecular complexity index is 441. The zero-order valence-electron chi connectivity index (χ0n) is 10.6. The number of benzene rings is 1. The fourth-order valence-electron chi connectivity index (χ4n) is 2.60. The first-order valence-electron chi connectivity index (χ1n) is 6.85. The van der Waals surface area contributed by atoms with Gasteiger partial charge in [-0.2, -0.15) is 0 Å². The first-order valence-corrected chi connectivity index (χ1v) is 6.85. The third-order valence-corrected chi connectivity index (χ3v) is 3.81. The Kier molecular flexibility index (Phi) is 3.02. The van der Waals surface area contributed by atoms with Crippen molar-refractivity contribution in [3.05, 3.63) is 41.0 Å². The summed E-state index contributed by atoms with van der Waals surface area (Å²) in [6.07, 6.45) is 9.01. The Morgan fingerprint density at radius 3 is 2.88 bits per heavy atom. The second kappa shape index (κ2) is 4.66. The molecule has 0 aromatic heterocycles. The van der Waals surface area contributed by atoms with Crippen LogP contribution in [0.1, 0.15) is 48.8 Å². The van der Waals surface area contributed by atoms with Crippen molar-refractivity contribution in [3.8, 4) is 0 Å². The SMILES string of the molecule is Cc1ccc(CNC2CC2)c(C2=CCCC2)c1. The maximum atomic E-state index is 3.63. The highest BCUT2D eigenvalue weighted by Gasteiger charge is 2.21. The first-order chi connectivity index (χ1) is 8.33. The maximum absolute atomic E-state index is 3.63. The van der Waals surface area contributed by atoms with Crippen molar-refractivity contribution >= 4 is 5.57 Å². The molecule has 2 aliphatic carbocycles. The van der Waals surface area contributed by atoms with E-state index in [9.17, 15) is 0 Å². The Hall–Kier alpha value is -1.08. The summed E-state index contributed by atoms with van der Waals surface area (Å²) in [7, 11) is 0. The quantitative estimate of drug-likeness (QED) is 0.824. The van der Waals surface area contributed by atoms with Crippen LogP contribution in [0.3, 0.4) is 0 Å². The summed E-state index contributed by atoms with van der Waals surface area (Å²) in [5.41, 5.74) is 5.93. The summed E-state index contributed by atoms with van der Waals surface area (Å²) in [5.74, 6) is 0. The number of nitrogens with one attached hydrogen (secondary N) is 1. The minimum absolute atomic E-state index is 0.793. The zero-order valence-corrected chi connectivity index (χ0v) is 10.6. The van der Waals surface area contributed by atoms with Gasteiger partial charge in [0, 0.05) is 12.6 Å². The molecule has 0 saturated heterocycles. The van der Waals surface area contributed by atoms with E-state index in [1.165, 1.54) is 48.8 Å². The predicted octanol–water partition coefficient (Wildman–Crippen LogP) is 3.81. The highest BCUT2D eigenvalue weighted by molar-refractivity contribution is 5.70. The van der Waals surface area contributed by atoms with Crippen molar-refractivity contribution in [2.24, 2.45) is 0 Å². The van der Waals surface area contributed by atoms with Crippen LogP contribution in [0.25, 0.3) is 5.57 Å². The molecule has 0 radical (unpaired) electrons. The molecule has 0 spiro atoms. The lowest BCUT2D eigenvalue weighted by molar-refractivity contribution is 0.686. The molecule has 0 amide bonds. The Morgan fingerprint density at radius 2 is 2.18 bits per heavy atom. The molecule has 3 rings (SSSR count). The molecule has 0 atom stereocenters. The minimum atomic E-state index is 0.793. The molecule has 0 aliphatic heterocycles. The van der Waals surface area contributed by atoms with Gasteiger partial charge < -0.3 is 5.32 Å². The Morgan fingerprint density at radius 1 is 1.29 bits per heavy atom. The molecule has 0 unspecified atom stereocenters. The number of allylic oxidation sites excluding steroid dienone is 2. The van der Waals surface area contributed by atoms with E-state index in [1.54, 1.807) is 5.57 Å². The largest absolute Gasteiger partial charge is 0.310 e. The fourth-order valence-corrected chi connectivity index (χ4v) is 2.60. The van der Waals surface area contributed by atoms with Gasteiger partial charge in [0.1, 0.15) is 0 Å². The molecule has 1 fully saturated rings. The minimum Gasteiger partial charge on any atom is -0.310 e. The highest BCUT2D eigenvalue weighted by Crippen LogP contribution is 2.31. The normalized spacial score (nSPS) is 19.5. The standard InChI is InChI=1S/C16H21N/c1-12-6-7-14(11-17-15-8-9-15)16(10-12)13-4-2-3-5-13/h4,6-7,10,15,17H,2-3,5,8-9,11H2,1H3. The zero-order chi connectivity index (χ0) is 11.7. The summed E-state index contributed by atoms with van der Waals surface area (Å²) < 4.78 is 0. The summed E-state index contributed by atoms with van der Waals surface area (Å²) >= 11 is 0. The van der Waals surface area contributed by atoms with Crippen molar-refractivity contribution in [2.45, 2.75) is 51.6 Å². The van der Waals surface area contributed by atoms with E-state index in [2.05, 4.69) is 36.5 Å². The van der Waals surface area contributed by atoms with E-state index in [1.807, 2.05) is 0 Å². The molecule has 1 N–H and O–H groups in total. The van der Waals surface area contributed by atoms with Crippen molar-refractivity contribution in [3.63, 3.8) is 0 Å². The topological polar surface area (TPSA) is 12.0 Å². The van der Waals surface area contributed by atoms with Gasteiger partial charge in [-0.3, -0.25) is 0 Å². The van der Waals surface area contributed by atoms with E-state index in [0.29, 0.717) is 0 Å². The van der Waals surface area contributed by atoms with Gasteiger partial charge in [-0.25, -0.2) is 0 Å². The molecular weight excluding hydrogens is 206 g/mol. The predicted molar refractivity (Wildman–Crippen MR) is 72.9 cm³/mol. The van der Waals surface area contributed by atoms with Crippen LogP contribution >= 0.6 is 0 Å². The van der Waals surface area contributed by atoms with E-state index < -0.39 is 0 Å². The van der Waals surface area contributed by atoms with Crippen LogP contribution in [0, 0.1) is 6.92 Å². The van der Waals surface area contributed by atoms with Crippen molar-refractivity contribution in [1.82, 2.24) is 5.32 Å². The fraction of sp³-hybridized carbons (Fsp3) is 0.500. The molecule has 1 saturated carbocycles. The molecule has 2 aliphatic rings. The van der Waals surface area contributed by atoms with Crippen LogP contribution in [0.2, 0.25) is 0 Å². The smallest absolute Gasteiger partial charge is 0.0214 e. The van der Waals surface area contributed by atoms with Gasteiger partial charge >= 0.3 is 0 Å². The van der Waals surface area contributed by atoms with Crippen LogP contribution in [-0.2, 0) is 6.54 Å². The van der Waals surface area contributed by atoms with Crippen molar-refractivity contribution < 1.29 is 0 Å². The number of hydrogen-bond donors (Lipinski definition) is 1. The van der Waals surface area contributed by atoms with Gasteiger partial charge in [0.2, 0.25) is 0 Å². The van der Waals surface area contributed by atoms with E-state index in [0.717, 1.165) is 12.6 Å². The molecule has 90 valence electrons. The molecular formula is C16H21N. The molecule has 1 heteroatoms. The average molecular weight is 227 g/mol. The second-order valence-electron chi connectivity index (χ2n) is 5.44. The Labute approximate surface area is 104 Å². The summed E-state index contributed by atoms with van der Waals surface area (Å²) in [4.78, 5) is 0. The molecule has 1 nitrogen and oxygen atoms in total. The van der Waals surface area contributed by atoms with E-state index in [-0.39, 0.29) is 0 Å². The number of rotatable bonds is 4. The van der Waals surface area contributed by atoms with Gasteiger partial charge in [-0.15, -0.1) is 0 Å². The van der Waals surface area contributed by atoms with Gasteiger partial charge in [0.25, 0.3) is 0 Å². The summed E-state index contributed by atoms with van der Waals surface area (Å²) in [5, 5.41) is 3.63. The molecule has 1 aromatic carbocycles. The van der Waals surface area contributed by atoms with Gasteiger partial charge in [0.05, 0.1) is 0 Å². The third kappa shape index (κ3) is 2.61. The van der Waals surface area contributed by atoms with Crippen molar-refractivity contribution in [1.29, 1.82) is 0 Å². The van der Waals surface area contributed by atoms with Crippen LogP contribution in [0.15, 0.2) is 24.3 Å². The van der Waals surface area contributed by atoms with Gasteiger partial charge in [-0.1, -0.05) is 29.8 Å². The Balaban J connectivity index is 1.84. The maximum Gasteiger partial charge on any atom is 0.0214 e. The highest BCUT2D eigenvalue weighted by atomic mass is 14.9. The summed E-state index contributed by atoms with van der Waals surface area (Å²) in [6.45, 7) is 3.23. The van der Waals surface area contributed by atoms with Crippen molar-refractivity contribution in [2.75, 3.05) is 0 Å². The number of aryl methyl sites for hydroxylation is 1. The lowest BCUT2D eigenvalue weighted by atomic mass is 9.97. The second-order valence-corrected chi connectivity index (χ2v) is 5.44. The third-order valence-electron chi connectivity index (χ3n) is 3.81. The summed E-state index contributed by atoms with van der Waals surface area (Å²) in [6, 6.07) is 7.70. The van der Waals surface area contributed by atoms with Gasteiger partial charge in [0.15, 0.2) is 0 Å². The first kappa shape index (κ1) is 11.0. The average Bonchev–Trinajstić information content (AvgIpc) is 3.00. The van der Waals surface area contributed by atoms with Crippen LogP contribution in [0.5, 0.6) is 0 Å². The molecule has 0 bridgehead atoms. The van der Waals surface area contributed by atoms with Crippen LogP contribution in [0.4, 0.5) is 0 Å². The monoisotopic (exact) mass is 227 g/mol. The van der Waals surface area contributed by atoms with Crippen LogP contribution < -0.4 is 5.32 Å². The molecule has 0 heterocycles. The molecule has 1 aromatic rings. The van der Waals surface area contributed by atoms with E-state index >= 15 is 0 Å². The number of hydrogen-bond acceptors (Lipinski definition) is 1. The van der Waals surface area contributed by atoms with Gasteiger partial charge in [-0.05, 0) is 55.7 Å². The molecule has 17 heavy (non-hydrogen) atoms. The lowest BCUT2D eigenvalue weighted by Crippen LogP contribution is -2.16.